The van der Waals surface area contributed by atoms with Crippen LogP contribution < -0.4 is 9.67 Å². The molecule has 0 saturated heterocycles. The van der Waals surface area contributed by atoms with E-state index in [4.69, 9.17) is 11.6 Å². The van der Waals surface area contributed by atoms with Crippen molar-refractivity contribution in [3.63, 3.8) is 0 Å². The Morgan fingerprint density at radius 3 is 2.64 bits per heavy atom. The number of benzene rings is 2. The maximum absolute atomic E-state index is 12.6. The first-order valence-corrected chi connectivity index (χ1v) is 9.58. The first kappa shape index (κ1) is 20.4. The molecule has 0 spiro atoms. The number of aryl methyl sites for hydroxylation is 2. The number of rotatable bonds is 4. The summed E-state index contributed by atoms with van der Waals surface area (Å²) < 4.78 is 4.35. The molecule has 0 saturated carbocycles. The van der Waals surface area contributed by atoms with Crippen LogP contribution in [0.2, 0.25) is 5.02 Å². The van der Waals surface area contributed by atoms with E-state index in [1.54, 1.807) is 0 Å². The molecule has 1 aliphatic heterocycles. The van der Waals surface area contributed by atoms with Crippen molar-refractivity contribution in [3.05, 3.63) is 70.6 Å². The van der Waals surface area contributed by atoms with Gasteiger partial charge in [0.2, 0.25) is 0 Å². The molecule has 0 N–H and O–H groups in total. The normalized spacial score (nSPS) is 13.3. The second-order valence-corrected chi connectivity index (χ2v) is 7.55. The average molecular weight is 416 g/mol. The summed E-state index contributed by atoms with van der Waals surface area (Å²) in [5.74, 6) is 1.05. The lowest BCUT2D eigenvalue weighted by atomic mass is 10.1. The fraction of sp³-hybridized carbons (Fsp3) is 0.273. The van der Waals surface area contributed by atoms with Crippen molar-refractivity contribution in [1.29, 1.82) is 0 Å². The van der Waals surface area contributed by atoms with E-state index in [1.807, 2.05) is 60.9 Å². The molecule has 3 aromatic rings. The van der Waals surface area contributed by atoms with Crippen molar-refractivity contribution in [2.75, 3.05) is 0 Å². The highest BCUT2D eigenvalue weighted by molar-refractivity contribution is 6.30. The first-order chi connectivity index (χ1) is 13.0. The zero-order valence-corrected chi connectivity index (χ0v) is 17.6. The van der Waals surface area contributed by atoms with E-state index in [0.29, 0.717) is 0 Å². The van der Waals surface area contributed by atoms with Crippen LogP contribution in [0.15, 0.2) is 53.7 Å². The Labute approximate surface area is 176 Å². The molecule has 1 aromatic heterocycles. The summed E-state index contributed by atoms with van der Waals surface area (Å²) in [5, 5.41) is 13.3. The Hall–Kier alpha value is -2.30. The maximum atomic E-state index is 12.6. The lowest BCUT2D eigenvalue weighted by Crippen LogP contribution is -2.43. The Bertz CT molecular complexity index is 1020. The quantitative estimate of drug-likeness (QED) is 0.358. The van der Waals surface area contributed by atoms with Gasteiger partial charge in [0, 0.05) is 16.5 Å². The molecule has 0 atom stereocenters. The summed E-state index contributed by atoms with van der Waals surface area (Å²) >= 11 is 6.02. The van der Waals surface area contributed by atoms with Crippen LogP contribution >= 0.6 is 24.0 Å². The molecular formula is C22H23Cl2N3O. The van der Waals surface area contributed by atoms with Crippen LogP contribution in [-0.2, 0) is 19.5 Å². The van der Waals surface area contributed by atoms with Gasteiger partial charge >= 0.3 is 0 Å². The standard InChI is InChI=1S/C22H22ClN3O.ClH/c1-15-5-10-19(16(2)12-15)24-21(27)14-25-13-20(26-11-3-4-22(25)26)17-6-8-18(23)9-7-17;/h5-10,12-13H,3-4,11,14H2,1-2H3;1H. The van der Waals surface area contributed by atoms with Crippen molar-refractivity contribution in [2.24, 2.45) is 4.99 Å². The van der Waals surface area contributed by atoms with E-state index in [0.717, 1.165) is 46.9 Å². The van der Waals surface area contributed by atoms with Gasteiger partial charge in [-0.2, -0.15) is 0 Å². The molecular weight excluding hydrogens is 393 g/mol. The molecule has 0 bridgehead atoms. The topological polar surface area (TPSA) is 44.2 Å². The summed E-state index contributed by atoms with van der Waals surface area (Å²) in [6, 6.07) is 13.8. The van der Waals surface area contributed by atoms with Crippen molar-refractivity contribution < 1.29 is 9.67 Å². The van der Waals surface area contributed by atoms with Crippen LogP contribution in [0.3, 0.4) is 0 Å². The van der Waals surface area contributed by atoms with Crippen molar-refractivity contribution in [1.82, 2.24) is 4.57 Å². The number of aliphatic imine (C=N–C) groups is 1. The number of fused-ring (bicyclic) bond motifs is 1. The molecule has 4 nitrogen and oxygen atoms in total. The van der Waals surface area contributed by atoms with E-state index in [9.17, 15) is 5.11 Å². The predicted octanol–water partition coefficient (Wildman–Crippen LogP) is 4.17. The minimum absolute atomic E-state index is 0. The van der Waals surface area contributed by atoms with Gasteiger partial charge in [0.25, 0.3) is 5.82 Å². The van der Waals surface area contributed by atoms with Gasteiger partial charge in [-0.25, -0.2) is 9.13 Å². The van der Waals surface area contributed by atoms with Crippen molar-refractivity contribution in [3.8, 4) is 11.3 Å². The van der Waals surface area contributed by atoms with Crippen LogP contribution in [0.1, 0.15) is 23.4 Å². The third-order valence-electron chi connectivity index (χ3n) is 5.04. The number of halogens is 2. The summed E-state index contributed by atoms with van der Waals surface area (Å²) in [4.78, 5) is 4.33. The molecule has 2 heterocycles. The first-order valence-electron chi connectivity index (χ1n) is 9.21. The minimum Gasteiger partial charge on any atom is -0.859 e. The lowest BCUT2D eigenvalue weighted by Gasteiger charge is -2.10. The van der Waals surface area contributed by atoms with E-state index < -0.39 is 0 Å². The molecule has 0 aliphatic carbocycles. The molecule has 0 unspecified atom stereocenters. The van der Waals surface area contributed by atoms with Gasteiger partial charge in [0.15, 0.2) is 5.69 Å². The summed E-state index contributed by atoms with van der Waals surface area (Å²) in [6.45, 7) is 5.26. The van der Waals surface area contributed by atoms with Gasteiger partial charge in [-0.1, -0.05) is 29.3 Å². The molecule has 2 aromatic carbocycles. The van der Waals surface area contributed by atoms with Crippen LogP contribution in [0.5, 0.6) is 0 Å². The zero-order chi connectivity index (χ0) is 19.0. The molecule has 146 valence electrons. The maximum Gasteiger partial charge on any atom is 0.257 e. The lowest BCUT2D eigenvalue weighted by molar-refractivity contribution is -0.693. The Kier molecular flexibility index (Phi) is 6.11. The van der Waals surface area contributed by atoms with Crippen molar-refractivity contribution >= 4 is 35.6 Å². The van der Waals surface area contributed by atoms with E-state index in [-0.39, 0.29) is 24.8 Å². The monoisotopic (exact) mass is 415 g/mol. The third-order valence-corrected chi connectivity index (χ3v) is 5.29. The van der Waals surface area contributed by atoms with E-state index >= 15 is 0 Å². The Morgan fingerprint density at radius 2 is 1.93 bits per heavy atom. The van der Waals surface area contributed by atoms with E-state index in [1.165, 1.54) is 11.4 Å². The largest absolute Gasteiger partial charge is 0.859 e. The third kappa shape index (κ3) is 4.08. The summed E-state index contributed by atoms with van der Waals surface area (Å²) in [5.41, 5.74) is 5.18. The highest BCUT2D eigenvalue weighted by Gasteiger charge is 2.28. The van der Waals surface area contributed by atoms with Crippen LogP contribution in [0.4, 0.5) is 5.69 Å². The van der Waals surface area contributed by atoms with Crippen LogP contribution in [0.25, 0.3) is 11.3 Å². The van der Waals surface area contributed by atoms with Crippen LogP contribution in [0, 0.1) is 13.8 Å². The van der Waals surface area contributed by atoms with Gasteiger partial charge in [-0.05, 0) is 56.2 Å². The molecule has 1 aliphatic rings. The zero-order valence-electron chi connectivity index (χ0n) is 16.0. The Morgan fingerprint density at radius 1 is 1.18 bits per heavy atom. The number of nitrogens with zero attached hydrogens (tertiary/aromatic N) is 3. The SMILES string of the molecule is Cc1ccc(N=C([O-])C[n+]2cc(-c3ccc(Cl)cc3)n3c2CCC3)c(C)c1.Cl. The number of imidazole rings is 1. The van der Waals surface area contributed by atoms with Gasteiger partial charge < -0.3 is 5.11 Å². The fourth-order valence-electron chi connectivity index (χ4n) is 3.74. The number of hydrogen-bond acceptors (Lipinski definition) is 2. The second kappa shape index (κ2) is 8.38. The minimum atomic E-state index is -0.130. The molecule has 0 amide bonds. The van der Waals surface area contributed by atoms with Gasteiger partial charge in [-0.3, -0.25) is 4.99 Å². The van der Waals surface area contributed by atoms with Gasteiger partial charge in [0.1, 0.15) is 12.7 Å². The highest BCUT2D eigenvalue weighted by atomic mass is 35.5. The predicted molar refractivity (Wildman–Crippen MR) is 114 cm³/mol. The fourth-order valence-corrected chi connectivity index (χ4v) is 3.87. The Balaban J connectivity index is 0.00000225. The second-order valence-electron chi connectivity index (χ2n) is 7.12. The van der Waals surface area contributed by atoms with E-state index in [2.05, 4.69) is 15.8 Å². The van der Waals surface area contributed by atoms with Crippen LogP contribution in [-0.4, -0.2) is 10.5 Å². The summed E-state index contributed by atoms with van der Waals surface area (Å²) in [7, 11) is 0. The molecule has 4 rings (SSSR count). The smallest absolute Gasteiger partial charge is 0.257 e. The number of aromatic nitrogens is 2. The molecule has 6 heteroatoms. The molecule has 28 heavy (non-hydrogen) atoms. The highest BCUT2D eigenvalue weighted by Crippen LogP contribution is 2.26. The summed E-state index contributed by atoms with van der Waals surface area (Å²) in [6.07, 6.45) is 4.14. The average Bonchev–Trinajstić information content (AvgIpc) is 3.22. The van der Waals surface area contributed by atoms with Crippen molar-refractivity contribution in [2.45, 2.75) is 39.8 Å². The molecule has 0 fully saturated rings. The van der Waals surface area contributed by atoms with Gasteiger partial charge in [0.05, 0.1) is 18.7 Å². The van der Waals surface area contributed by atoms with Gasteiger partial charge in [-0.15, -0.1) is 12.4 Å². The molecule has 0 radical (unpaired) electrons. The number of hydrogen-bond donors (Lipinski definition) is 0.